The van der Waals surface area contributed by atoms with Gasteiger partial charge in [0.15, 0.2) is 0 Å². The van der Waals surface area contributed by atoms with E-state index in [2.05, 4.69) is 47.1 Å². The van der Waals surface area contributed by atoms with Gasteiger partial charge in [-0.3, -0.25) is 4.99 Å². The molecule has 0 spiro atoms. The molecule has 0 aliphatic carbocycles. The predicted molar refractivity (Wildman–Crippen MR) is 76.9 cm³/mol. The molecule has 1 aromatic carbocycles. The first-order valence-electron chi connectivity index (χ1n) is 6.79. The summed E-state index contributed by atoms with van der Waals surface area (Å²) in [6, 6.07) is 7.31. The van der Waals surface area contributed by atoms with Crippen molar-refractivity contribution in [2.45, 2.75) is 18.9 Å². The second-order valence-electron chi connectivity index (χ2n) is 5.48. The van der Waals surface area contributed by atoms with E-state index in [-0.39, 0.29) is 0 Å². The molecule has 1 atom stereocenters. The fourth-order valence-electron chi connectivity index (χ4n) is 3.00. The molecule has 0 amide bonds. The Hall–Kier alpha value is -1.35. The molecule has 0 radical (unpaired) electrons. The van der Waals surface area contributed by atoms with Crippen molar-refractivity contribution < 1.29 is 0 Å². The van der Waals surface area contributed by atoms with Gasteiger partial charge in [-0.05, 0) is 44.1 Å². The Kier molecular flexibility index (Phi) is 3.08. The van der Waals surface area contributed by atoms with Gasteiger partial charge in [0.2, 0.25) is 0 Å². The predicted octanol–water partition coefficient (Wildman–Crippen LogP) is 1.80. The number of rotatable bonds is 2. The number of aliphatic imine (C=N–C) groups is 1. The van der Waals surface area contributed by atoms with E-state index in [9.17, 15) is 0 Å². The van der Waals surface area contributed by atoms with Gasteiger partial charge in [0.1, 0.15) is 0 Å². The number of benzene rings is 1. The standard InChI is InChI=1S/C15H21N3/c1-17(2)13-7-9-18(11-13)15-5-3-4-12-10-16-8-6-14(12)15/h3-5,10,13H,6-9,11H2,1-2H3. The molecule has 0 N–H and O–H groups in total. The summed E-state index contributed by atoms with van der Waals surface area (Å²) in [5.74, 6) is 0. The van der Waals surface area contributed by atoms with Crippen molar-refractivity contribution in [2.75, 3.05) is 38.6 Å². The first kappa shape index (κ1) is 11.7. The maximum atomic E-state index is 4.38. The second-order valence-corrected chi connectivity index (χ2v) is 5.48. The van der Waals surface area contributed by atoms with E-state index in [1.165, 1.54) is 29.8 Å². The molecule has 2 heterocycles. The van der Waals surface area contributed by atoms with Gasteiger partial charge in [-0.15, -0.1) is 0 Å². The third-order valence-electron chi connectivity index (χ3n) is 4.14. The minimum atomic E-state index is 0.693. The van der Waals surface area contributed by atoms with E-state index in [0.29, 0.717) is 6.04 Å². The Balaban J connectivity index is 1.87. The Bertz CT molecular complexity index is 465. The average Bonchev–Trinajstić information content (AvgIpc) is 2.87. The molecule has 0 saturated carbocycles. The third-order valence-corrected chi connectivity index (χ3v) is 4.14. The third kappa shape index (κ3) is 2.03. The molecule has 3 heteroatoms. The first-order valence-corrected chi connectivity index (χ1v) is 6.79. The second kappa shape index (κ2) is 4.73. The van der Waals surface area contributed by atoms with E-state index in [1.54, 1.807) is 0 Å². The minimum Gasteiger partial charge on any atom is -0.370 e. The van der Waals surface area contributed by atoms with Crippen LogP contribution in [0.1, 0.15) is 17.5 Å². The average molecular weight is 243 g/mol. The molecular formula is C15H21N3. The van der Waals surface area contributed by atoms with Crippen LogP contribution in [0.5, 0.6) is 0 Å². The quantitative estimate of drug-likeness (QED) is 0.789. The van der Waals surface area contributed by atoms with E-state index < -0.39 is 0 Å². The Morgan fingerprint density at radius 2 is 2.22 bits per heavy atom. The molecule has 96 valence electrons. The van der Waals surface area contributed by atoms with Gasteiger partial charge in [-0.25, -0.2) is 0 Å². The van der Waals surface area contributed by atoms with Gasteiger partial charge in [-0.2, -0.15) is 0 Å². The lowest BCUT2D eigenvalue weighted by Gasteiger charge is -2.25. The topological polar surface area (TPSA) is 18.8 Å². The number of hydrogen-bond acceptors (Lipinski definition) is 3. The molecule has 2 aliphatic heterocycles. The van der Waals surface area contributed by atoms with Crippen LogP contribution in [0.25, 0.3) is 0 Å². The van der Waals surface area contributed by atoms with Crippen LogP contribution in [0.3, 0.4) is 0 Å². The van der Waals surface area contributed by atoms with Crippen molar-refractivity contribution in [1.82, 2.24) is 4.90 Å². The van der Waals surface area contributed by atoms with Gasteiger partial charge < -0.3 is 9.80 Å². The summed E-state index contributed by atoms with van der Waals surface area (Å²) in [6.07, 6.45) is 4.39. The summed E-state index contributed by atoms with van der Waals surface area (Å²) in [4.78, 5) is 9.27. The van der Waals surface area contributed by atoms with E-state index >= 15 is 0 Å². The molecular weight excluding hydrogens is 222 g/mol. The molecule has 0 bridgehead atoms. The van der Waals surface area contributed by atoms with Crippen molar-refractivity contribution in [2.24, 2.45) is 4.99 Å². The lowest BCUT2D eigenvalue weighted by Crippen LogP contribution is -2.32. The van der Waals surface area contributed by atoms with Crippen LogP contribution in [-0.4, -0.2) is 50.9 Å². The van der Waals surface area contributed by atoms with Crippen LogP contribution in [0, 0.1) is 0 Å². The van der Waals surface area contributed by atoms with E-state index in [4.69, 9.17) is 0 Å². The summed E-state index contributed by atoms with van der Waals surface area (Å²) < 4.78 is 0. The lowest BCUT2D eigenvalue weighted by atomic mass is 10.0. The van der Waals surface area contributed by atoms with Crippen molar-refractivity contribution in [1.29, 1.82) is 0 Å². The highest BCUT2D eigenvalue weighted by Crippen LogP contribution is 2.29. The summed E-state index contributed by atoms with van der Waals surface area (Å²) in [5, 5.41) is 0. The van der Waals surface area contributed by atoms with E-state index in [0.717, 1.165) is 19.5 Å². The first-order chi connectivity index (χ1) is 8.75. The molecule has 1 saturated heterocycles. The fraction of sp³-hybridized carbons (Fsp3) is 0.533. The molecule has 3 nitrogen and oxygen atoms in total. The van der Waals surface area contributed by atoms with Crippen molar-refractivity contribution in [3.05, 3.63) is 29.3 Å². The molecule has 1 aromatic rings. The highest BCUT2D eigenvalue weighted by atomic mass is 15.2. The molecule has 2 aliphatic rings. The minimum absolute atomic E-state index is 0.693. The highest BCUT2D eigenvalue weighted by Gasteiger charge is 2.26. The van der Waals surface area contributed by atoms with Gasteiger partial charge in [-0.1, -0.05) is 12.1 Å². The monoisotopic (exact) mass is 243 g/mol. The number of fused-ring (bicyclic) bond motifs is 1. The Morgan fingerprint density at radius 3 is 3.00 bits per heavy atom. The normalized spacial score (nSPS) is 22.6. The maximum Gasteiger partial charge on any atom is 0.0430 e. The number of anilines is 1. The lowest BCUT2D eigenvalue weighted by molar-refractivity contribution is 0.315. The molecule has 0 aromatic heterocycles. The summed E-state index contributed by atoms with van der Waals surface area (Å²) in [6.45, 7) is 3.27. The van der Waals surface area contributed by atoms with Crippen LogP contribution >= 0.6 is 0 Å². The maximum absolute atomic E-state index is 4.38. The van der Waals surface area contributed by atoms with Gasteiger partial charge in [0.05, 0.1) is 0 Å². The summed E-state index contributed by atoms with van der Waals surface area (Å²) >= 11 is 0. The summed E-state index contributed by atoms with van der Waals surface area (Å²) in [7, 11) is 4.36. The van der Waals surface area contributed by atoms with Crippen molar-refractivity contribution >= 4 is 11.9 Å². The number of likely N-dealkylation sites (N-methyl/N-ethyl adjacent to an activating group) is 1. The molecule has 18 heavy (non-hydrogen) atoms. The van der Waals surface area contributed by atoms with Crippen molar-refractivity contribution in [3.63, 3.8) is 0 Å². The van der Waals surface area contributed by atoms with Gasteiger partial charge in [0.25, 0.3) is 0 Å². The largest absolute Gasteiger partial charge is 0.370 e. The zero-order valence-corrected chi connectivity index (χ0v) is 11.3. The highest BCUT2D eigenvalue weighted by molar-refractivity contribution is 5.86. The molecule has 1 fully saturated rings. The molecule has 1 unspecified atom stereocenters. The zero-order valence-electron chi connectivity index (χ0n) is 11.3. The Morgan fingerprint density at radius 1 is 1.33 bits per heavy atom. The number of hydrogen-bond donors (Lipinski definition) is 0. The van der Waals surface area contributed by atoms with Crippen LogP contribution in [0.4, 0.5) is 5.69 Å². The Labute approximate surface area is 109 Å². The van der Waals surface area contributed by atoms with Gasteiger partial charge in [0, 0.05) is 37.6 Å². The van der Waals surface area contributed by atoms with Gasteiger partial charge >= 0.3 is 0 Å². The van der Waals surface area contributed by atoms with E-state index in [1.807, 2.05) is 6.21 Å². The summed E-state index contributed by atoms with van der Waals surface area (Å²) in [5.41, 5.74) is 4.24. The van der Waals surface area contributed by atoms with Crippen LogP contribution in [0.15, 0.2) is 23.2 Å². The fourth-order valence-corrected chi connectivity index (χ4v) is 3.00. The van der Waals surface area contributed by atoms with Crippen LogP contribution in [0.2, 0.25) is 0 Å². The van der Waals surface area contributed by atoms with Crippen LogP contribution in [-0.2, 0) is 6.42 Å². The molecule has 3 rings (SSSR count). The number of nitrogens with zero attached hydrogens (tertiary/aromatic N) is 3. The van der Waals surface area contributed by atoms with Crippen molar-refractivity contribution in [3.8, 4) is 0 Å². The van der Waals surface area contributed by atoms with Crippen LogP contribution < -0.4 is 4.90 Å². The zero-order chi connectivity index (χ0) is 12.5. The SMILES string of the molecule is CN(C)C1CCN(c2cccc3c2CCN=C3)C1. The smallest absolute Gasteiger partial charge is 0.0430 e.